The monoisotopic (exact) mass is 449 g/mol. The first-order valence-electron chi connectivity index (χ1n) is 9.27. The highest BCUT2D eigenvalue weighted by Gasteiger charge is 2.34. The summed E-state index contributed by atoms with van der Waals surface area (Å²) in [5, 5.41) is 0. The molecule has 10 nitrogen and oxygen atoms in total. The number of hydrogen-bond donors (Lipinski definition) is 1. The second-order valence-corrected chi connectivity index (χ2v) is 11.1. The first-order chi connectivity index (χ1) is 13.5. The lowest BCUT2D eigenvalue weighted by Gasteiger charge is -2.28. The van der Waals surface area contributed by atoms with Gasteiger partial charge in [0, 0.05) is 25.8 Å². The van der Waals surface area contributed by atoms with Crippen LogP contribution in [0.2, 0.25) is 0 Å². The number of rotatable bonds is 9. The zero-order chi connectivity index (χ0) is 21.8. The quantitative estimate of drug-likeness (QED) is 0.521. The Morgan fingerprint density at radius 3 is 2.62 bits per heavy atom. The molecule has 1 aromatic heterocycles. The van der Waals surface area contributed by atoms with Crippen molar-refractivity contribution in [1.29, 1.82) is 0 Å². The van der Waals surface area contributed by atoms with E-state index in [1.165, 1.54) is 29.8 Å². The van der Waals surface area contributed by atoms with Crippen LogP contribution in [0, 0.1) is 0 Å². The number of sulfonamides is 1. The molecule has 0 spiro atoms. The van der Waals surface area contributed by atoms with E-state index in [9.17, 15) is 26.4 Å². The van der Waals surface area contributed by atoms with E-state index in [2.05, 4.69) is 4.72 Å². The Hall–Kier alpha value is -1.92. The second kappa shape index (κ2) is 9.26. The van der Waals surface area contributed by atoms with E-state index in [0.717, 1.165) is 12.5 Å². The highest BCUT2D eigenvalue weighted by atomic mass is 32.2. The molecule has 1 N–H and O–H groups in total. The first kappa shape index (κ1) is 23.4. The van der Waals surface area contributed by atoms with Crippen LogP contribution in [0.1, 0.15) is 36.7 Å². The summed E-state index contributed by atoms with van der Waals surface area (Å²) in [5.74, 6) is -1.35. The fourth-order valence-corrected chi connectivity index (χ4v) is 5.68. The normalized spacial score (nSPS) is 18.5. The van der Waals surface area contributed by atoms with Crippen molar-refractivity contribution in [3.8, 4) is 0 Å². The average Bonchev–Trinajstić information content (AvgIpc) is 3.22. The Bertz CT molecular complexity index is 967. The summed E-state index contributed by atoms with van der Waals surface area (Å²) in [5.41, 5.74) is -0.0184. The molecule has 0 bridgehead atoms. The van der Waals surface area contributed by atoms with Crippen LogP contribution in [-0.2, 0) is 36.4 Å². The zero-order valence-corrected chi connectivity index (χ0v) is 18.4. The van der Waals surface area contributed by atoms with Gasteiger partial charge in [0.05, 0.1) is 11.5 Å². The molecule has 1 aromatic rings. The van der Waals surface area contributed by atoms with Gasteiger partial charge in [-0.05, 0) is 26.0 Å². The highest BCUT2D eigenvalue weighted by Crippen LogP contribution is 2.19. The Balaban J connectivity index is 2.06. The molecule has 29 heavy (non-hydrogen) atoms. The first-order valence-corrected chi connectivity index (χ1v) is 12.6. The largest absolute Gasteiger partial charge is 0.451 e. The number of amides is 1. The predicted octanol–water partition coefficient (Wildman–Crippen LogP) is -0.0942. The van der Waals surface area contributed by atoms with Crippen LogP contribution in [0.15, 0.2) is 17.2 Å². The zero-order valence-electron chi connectivity index (χ0n) is 16.8. The predicted molar refractivity (Wildman–Crippen MR) is 106 cm³/mol. The van der Waals surface area contributed by atoms with Crippen molar-refractivity contribution in [2.45, 2.75) is 37.1 Å². The number of aromatic nitrogens is 1. The van der Waals surface area contributed by atoms with E-state index in [0.29, 0.717) is 19.4 Å². The van der Waals surface area contributed by atoms with Gasteiger partial charge in [0.15, 0.2) is 16.4 Å². The number of ether oxygens (including phenoxy) is 1. The van der Waals surface area contributed by atoms with Crippen molar-refractivity contribution in [3.05, 3.63) is 18.0 Å². The average molecular weight is 450 g/mol. The molecule has 0 aromatic carbocycles. The molecule has 12 heteroatoms. The van der Waals surface area contributed by atoms with Crippen LogP contribution in [0.4, 0.5) is 0 Å². The Kier molecular flexibility index (Phi) is 7.46. The molecule has 2 rings (SSSR count). The molecular weight excluding hydrogens is 422 g/mol. The van der Waals surface area contributed by atoms with E-state index in [1.807, 2.05) is 6.92 Å². The van der Waals surface area contributed by atoms with Crippen molar-refractivity contribution in [1.82, 2.24) is 14.2 Å². The summed E-state index contributed by atoms with van der Waals surface area (Å²) in [4.78, 5) is 26.3. The Morgan fingerprint density at radius 2 is 2.07 bits per heavy atom. The number of carbonyl (C=O) groups excluding carboxylic acids is 2. The molecule has 0 radical (unpaired) electrons. The lowest BCUT2D eigenvalue weighted by atomic mass is 10.2. The molecule has 1 fully saturated rings. The van der Waals surface area contributed by atoms with Gasteiger partial charge in [-0.25, -0.2) is 26.4 Å². The molecule has 1 atom stereocenters. The molecule has 0 saturated carbocycles. The molecule has 1 unspecified atom stereocenters. The minimum Gasteiger partial charge on any atom is -0.451 e. The van der Waals surface area contributed by atoms with E-state index in [-0.39, 0.29) is 22.1 Å². The molecule has 0 aliphatic carbocycles. The summed E-state index contributed by atoms with van der Waals surface area (Å²) in [6.07, 6.45) is 3.17. The number of aryl methyl sites for hydroxylation is 1. The maximum Gasteiger partial charge on any atom is 0.355 e. The van der Waals surface area contributed by atoms with Crippen molar-refractivity contribution in [2.24, 2.45) is 7.05 Å². The van der Waals surface area contributed by atoms with E-state index in [1.54, 1.807) is 0 Å². The lowest BCUT2D eigenvalue weighted by Crippen LogP contribution is -2.44. The van der Waals surface area contributed by atoms with Gasteiger partial charge < -0.3 is 14.2 Å². The summed E-state index contributed by atoms with van der Waals surface area (Å²) in [6, 6.07) is 0.747. The summed E-state index contributed by atoms with van der Waals surface area (Å²) >= 11 is 0. The van der Waals surface area contributed by atoms with Crippen LogP contribution in [-0.4, -0.2) is 75.9 Å². The second-order valence-electron chi connectivity index (χ2n) is 6.95. The molecule has 2 heterocycles. The van der Waals surface area contributed by atoms with Crippen LogP contribution >= 0.6 is 0 Å². The van der Waals surface area contributed by atoms with Gasteiger partial charge in [-0.1, -0.05) is 13.3 Å². The molecule has 1 saturated heterocycles. The third-order valence-corrected chi connectivity index (χ3v) is 7.95. The van der Waals surface area contributed by atoms with Crippen LogP contribution in [0.3, 0.4) is 0 Å². The molecule has 1 aliphatic rings. The number of unbranched alkanes of at least 4 members (excludes halogenated alkanes) is 1. The van der Waals surface area contributed by atoms with Gasteiger partial charge in [-0.3, -0.25) is 4.79 Å². The smallest absolute Gasteiger partial charge is 0.355 e. The minimum atomic E-state index is -3.72. The van der Waals surface area contributed by atoms with Gasteiger partial charge in [-0.2, -0.15) is 0 Å². The SMILES string of the molecule is CCCCN(C(=O)COC(=O)c1cc(S(=O)(=O)NC)cn1C)C1CCS(=O)(=O)C1. The summed E-state index contributed by atoms with van der Waals surface area (Å²) in [7, 11) is -4.13. The number of sulfone groups is 1. The van der Waals surface area contributed by atoms with Crippen LogP contribution in [0.5, 0.6) is 0 Å². The number of carbonyl (C=O) groups is 2. The maximum atomic E-state index is 12.6. The van der Waals surface area contributed by atoms with E-state index >= 15 is 0 Å². The van der Waals surface area contributed by atoms with Gasteiger partial charge >= 0.3 is 5.97 Å². The third kappa shape index (κ3) is 5.80. The van der Waals surface area contributed by atoms with Crippen LogP contribution in [0.25, 0.3) is 0 Å². The van der Waals surface area contributed by atoms with E-state index in [4.69, 9.17) is 4.74 Å². The Morgan fingerprint density at radius 1 is 1.38 bits per heavy atom. The molecular formula is C17H27N3O7S2. The summed E-state index contributed by atoms with van der Waals surface area (Å²) < 4.78 is 55.8. The highest BCUT2D eigenvalue weighted by molar-refractivity contribution is 7.91. The van der Waals surface area contributed by atoms with Gasteiger partial charge in [0.2, 0.25) is 10.0 Å². The fraction of sp³-hybridized carbons (Fsp3) is 0.647. The number of hydrogen-bond acceptors (Lipinski definition) is 7. The number of nitrogens with zero attached hydrogens (tertiary/aromatic N) is 2. The third-order valence-electron chi connectivity index (χ3n) is 4.82. The van der Waals surface area contributed by atoms with Crippen LogP contribution < -0.4 is 4.72 Å². The number of esters is 1. The van der Waals surface area contributed by atoms with Gasteiger partial charge in [-0.15, -0.1) is 0 Å². The molecule has 1 aliphatic heterocycles. The lowest BCUT2D eigenvalue weighted by molar-refractivity contribution is -0.136. The fourth-order valence-electron chi connectivity index (χ4n) is 3.15. The van der Waals surface area contributed by atoms with Crippen molar-refractivity contribution >= 4 is 31.7 Å². The standard InChI is InChI=1S/C17H27N3O7S2/c1-4-5-7-20(13-6-8-28(23,24)12-13)16(21)11-27-17(22)15-9-14(10-19(15)3)29(25,26)18-2/h9-10,13,18H,4-8,11-12H2,1-3H3. The Labute approximate surface area is 171 Å². The van der Waals surface area contributed by atoms with Crippen molar-refractivity contribution in [3.63, 3.8) is 0 Å². The van der Waals surface area contributed by atoms with Gasteiger partial charge in [0.25, 0.3) is 5.91 Å². The topological polar surface area (TPSA) is 132 Å². The van der Waals surface area contributed by atoms with Crippen molar-refractivity contribution in [2.75, 3.05) is 31.7 Å². The maximum absolute atomic E-state index is 12.6. The molecule has 164 valence electrons. The van der Waals surface area contributed by atoms with E-state index < -0.39 is 44.4 Å². The summed E-state index contributed by atoms with van der Waals surface area (Å²) in [6.45, 7) is 1.81. The van der Waals surface area contributed by atoms with Crippen molar-refractivity contribution < 1.29 is 31.2 Å². The molecule has 1 amide bonds. The number of nitrogens with one attached hydrogen (secondary N) is 1. The minimum absolute atomic E-state index is 0.0184. The van der Waals surface area contributed by atoms with Gasteiger partial charge in [0.1, 0.15) is 10.6 Å².